The maximum Gasteiger partial charge on any atom is 0.225 e. The molecule has 0 saturated heterocycles. The van der Waals surface area contributed by atoms with Crippen molar-refractivity contribution >= 4 is 5.91 Å². The number of nitriles is 1. The third kappa shape index (κ3) is 3.68. The topological polar surface area (TPSA) is 71.3 Å². The highest BCUT2D eigenvalue weighted by molar-refractivity contribution is 5.79. The monoisotopic (exact) mass is 234 g/mol. The van der Waals surface area contributed by atoms with Crippen molar-refractivity contribution in [3.8, 4) is 17.6 Å². The van der Waals surface area contributed by atoms with Crippen LogP contribution in [0.3, 0.4) is 0 Å². The summed E-state index contributed by atoms with van der Waals surface area (Å²) in [6.45, 7) is 0.0200. The van der Waals surface area contributed by atoms with Gasteiger partial charge in [-0.2, -0.15) is 5.26 Å². The molecule has 0 aliphatic heterocycles. The van der Waals surface area contributed by atoms with E-state index in [9.17, 15) is 4.79 Å². The van der Waals surface area contributed by atoms with Gasteiger partial charge in [-0.05, 0) is 17.7 Å². The zero-order chi connectivity index (χ0) is 12.7. The zero-order valence-corrected chi connectivity index (χ0v) is 9.82. The lowest BCUT2D eigenvalue weighted by Crippen LogP contribution is -2.25. The molecule has 5 nitrogen and oxygen atoms in total. The third-order valence-electron chi connectivity index (χ3n) is 2.18. The number of carbonyl (C=O) groups excluding carboxylic acids is 1. The Morgan fingerprint density at radius 2 is 2.06 bits per heavy atom. The molecule has 0 atom stereocenters. The molecule has 90 valence electrons. The second-order valence-corrected chi connectivity index (χ2v) is 3.30. The van der Waals surface area contributed by atoms with Crippen molar-refractivity contribution in [2.75, 3.05) is 20.8 Å². The molecule has 0 aliphatic carbocycles. The van der Waals surface area contributed by atoms with Gasteiger partial charge in [0.25, 0.3) is 0 Å². The lowest BCUT2D eigenvalue weighted by Gasteiger charge is -2.09. The normalized spacial score (nSPS) is 9.24. The average Bonchev–Trinajstić information content (AvgIpc) is 2.36. The average molecular weight is 234 g/mol. The maximum absolute atomic E-state index is 11.4. The molecule has 0 aliphatic rings. The van der Waals surface area contributed by atoms with Gasteiger partial charge in [-0.25, -0.2) is 0 Å². The minimum absolute atomic E-state index is 0.0200. The van der Waals surface area contributed by atoms with Crippen LogP contribution < -0.4 is 14.8 Å². The molecule has 0 saturated carbocycles. The molecule has 1 N–H and O–H groups in total. The summed E-state index contributed by atoms with van der Waals surface area (Å²) < 4.78 is 10.2. The third-order valence-corrected chi connectivity index (χ3v) is 2.18. The number of hydrogen-bond acceptors (Lipinski definition) is 4. The smallest absolute Gasteiger partial charge is 0.225 e. The Balaban J connectivity index is 2.73. The SMILES string of the molecule is COc1ccc(CC(=O)NCC#N)cc1OC. The van der Waals surface area contributed by atoms with Crippen molar-refractivity contribution in [1.29, 1.82) is 5.26 Å². The van der Waals surface area contributed by atoms with Crippen LogP contribution in [-0.4, -0.2) is 26.7 Å². The Labute approximate surface area is 100.0 Å². The summed E-state index contributed by atoms with van der Waals surface area (Å²) in [5, 5.41) is 10.8. The molecular formula is C12H14N2O3. The summed E-state index contributed by atoms with van der Waals surface area (Å²) in [6, 6.07) is 7.12. The van der Waals surface area contributed by atoms with Crippen LogP contribution in [0.2, 0.25) is 0 Å². The van der Waals surface area contributed by atoms with Crippen molar-refractivity contribution in [1.82, 2.24) is 5.32 Å². The van der Waals surface area contributed by atoms with Gasteiger partial charge in [0.15, 0.2) is 11.5 Å². The molecule has 0 aromatic heterocycles. The van der Waals surface area contributed by atoms with E-state index in [1.165, 1.54) is 7.11 Å². The molecule has 0 heterocycles. The molecule has 1 aromatic carbocycles. The number of benzene rings is 1. The molecule has 0 bridgehead atoms. The van der Waals surface area contributed by atoms with E-state index in [4.69, 9.17) is 14.7 Å². The van der Waals surface area contributed by atoms with Crippen LogP contribution in [0.4, 0.5) is 0 Å². The number of nitrogens with zero attached hydrogens (tertiary/aromatic N) is 1. The summed E-state index contributed by atoms with van der Waals surface area (Å²) in [4.78, 5) is 11.4. The van der Waals surface area contributed by atoms with Crippen molar-refractivity contribution in [2.45, 2.75) is 6.42 Å². The lowest BCUT2D eigenvalue weighted by molar-refractivity contribution is -0.120. The van der Waals surface area contributed by atoms with Gasteiger partial charge < -0.3 is 14.8 Å². The van der Waals surface area contributed by atoms with Gasteiger partial charge in [0.05, 0.1) is 26.7 Å². The van der Waals surface area contributed by atoms with Crippen LogP contribution >= 0.6 is 0 Å². The van der Waals surface area contributed by atoms with Gasteiger partial charge in [-0.1, -0.05) is 6.07 Å². The Morgan fingerprint density at radius 1 is 1.35 bits per heavy atom. The second-order valence-electron chi connectivity index (χ2n) is 3.30. The van der Waals surface area contributed by atoms with Crippen LogP contribution in [0.5, 0.6) is 11.5 Å². The van der Waals surface area contributed by atoms with Gasteiger partial charge >= 0.3 is 0 Å². The minimum atomic E-state index is -0.196. The van der Waals surface area contributed by atoms with Crippen LogP contribution in [0, 0.1) is 11.3 Å². The van der Waals surface area contributed by atoms with Gasteiger partial charge in [-0.3, -0.25) is 4.79 Å². The quantitative estimate of drug-likeness (QED) is 0.768. The molecule has 17 heavy (non-hydrogen) atoms. The van der Waals surface area contributed by atoms with E-state index in [2.05, 4.69) is 5.32 Å². The second kappa shape index (κ2) is 6.38. The molecule has 1 rings (SSSR count). The van der Waals surface area contributed by atoms with E-state index in [1.54, 1.807) is 25.3 Å². The first kappa shape index (κ1) is 12.8. The highest BCUT2D eigenvalue weighted by Gasteiger charge is 2.07. The molecular weight excluding hydrogens is 220 g/mol. The molecule has 0 fully saturated rings. The largest absolute Gasteiger partial charge is 0.493 e. The van der Waals surface area contributed by atoms with E-state index in [0.717, 1.165) is 5.56 Å². The molecule has 1 amide bonds. The van der Waals surface area contributed by atoms with Crippen molar-refractivity contribution < 1.29 is 14.3 Å². The summed E-state index contributed by atoms with van der Waals surface area (Å²) in [5.41, 5.74) is 0.804. The van der Waals surface area contributed by atoms with Gasteiger partial charge in [0.1, 0.15) is 6.54 Å². The van der Waals surface area contributed by atoms with Crippen LogP contribution in [0.25, 0.3) is 0 Å². The number of ether oxygens (including phenoxy) is 2. The zero-order valence-electron chi connectivity index (χ0n) is 9.82. The number of rotatable bonds is 5. The van der Waals surface area contributed by atoms with E-state index in [0.29, 0.717) is 11.5 Å². The van der Waals surface area contributed by atoms with E-state index in [-0.39, 0.29) is 18.9 Å². The fourth-order valence-corrected chi connectivity index (χ4v) is 1.38. The van der Waals surface area contributed by atoms with Crippen LogP contribution in [0.15, 0.2) is 18.2 Å². The van der Waals surface area contributed by atoms with Crippen molar-refractivity contribution in [2.24, 2.45) is 0 Å². The fraction of sp³-hybridized carbons (Fsp3) is 0.333. The Hall–Kier alpha value is -2.22. The number of amides is 1. The predicted molar refractivity (Wildman–Crippen MR) is 61.9 cm³/mol. The summed E-state index contributed by atoms with van der Waals surface area (Å²) >= 11 is 0. The summed E-state index contributed by atoms with van der Waals surface area (Å²) in [5.74, 6) is 1.01. The minimum Gasteiger partial charge on any atom is -0.493 e. The highest BCUT2D eigenvalue weighted by Crippen LogP contribution is 2.27. The van der Waals surface area contributed by atoms with E-state index < -0.39 is 0 Å². The lowest BCUT2D eigenvalue weighted by atomic mass is 10.1. The Morgan fingerprint density at radius 3 is 2.65 bits per heavy atom. The maximum atomic E-state index is 11.4. The summed E-state index contributed by atoms with van der Waals surface area (Å²) in [6.07, 6.45) is 0.210. The van der Waals surface area contributed by atoms with E-state index in [1.807, 2.05) is 6.07 Å². The Kier molecular flexibility index (Phi) is 4.82. The number of methoxy groups -OCH3 is 2. The fourth-order valence-electron chi connectivity index (χ4n) is 1.38. The standard InChI is InChI=1S/C12H14N2O3/c1-16-10-4-3-9(7-11(10)17-2)8-12(15)14-6-5-13/h3-4,7H,6,8H2,1-2H3,(H,14,15). The number of hydrogen-bond donors (Lipinski definition) is 1. The molecule has 0 unspecified atom stereocenters. The van der Waals surface area contributed by atoms with Crippen LogP contribution in [0.1, 0.15) is 5.56 Å². The molecule has 0 spiro atoms. The molecule has 0 radical (unpaired) electrons. The first-order valence-corrected chi connectivity index (χ1v) is 5.05. The van der Waals surface area contributed by atoms with Crippen molar-refractivity contribution in [3.05, 3.63) is 23.8 Å². The van der Waals surface area contributed by atoms with Gasteiger partial charge in [-0.15, -0.1) is 0 Å². The molecule has 5 heteroatoms. The number of carbonyl (C=O) groups is 1. The number of nitrogens with one attached hydrogen (secondary N) is 1. The predicted octanol–water partition coefficient (Wildman–Crippen LogP) is 0.886. The van der Waals surface area contributed by atoms with Crippen molar-refractivity contribution in [3.63, 3.8) is 0 Å². The highest BCUT2D eigenvalue weighted by atomic mass is 16.5. The Bertz CT molecular complexity index is 438. The van der Waals surface area contributed by atoms with Crippen LogP contribution in [-0.2, 0) is 11.2 Å². The summed E-state index contributed by atoms with van der Waals surface area (Å²) in [7, 11) is 3.09. The molecule has 1 aromatic rings. The van der Waals surface area contributed by atoms with Gasteiger partial charge in [0, 0.05) is 0 Å². The van der Waals surface area contributed by atoms with E-state index >= 15 is 0 Å². The van der Waals surface area contributed by atoms with Gasteiger partial charge in [0.2, 0.25) is 5.91 Å². The first-order valence-electron chi connectivity index (χ1n) is 5.05. The first-order chi connectivity index (χ1) is 8.21.